The maximum Gasteiger partial charge on any atom is 0.230 e. The van der Waals surface area contributed by atoms with Crippen LogP contribution in [-0.4, -0.2) is 40.9 Å². The van der Waals surface area contributed by atoms with Crippen molar-refractivity contribution < 1.29 is 4.79 Å². The zero-order chi connectivity index (χ0) is 12.3. The van der Waals surface area contributed by atoms with Crippen LogP contribution in [0.15, 0.2) is 12.4 Å². The lowest BCUT2D eigenvalue weighted by molar-refractivity contribution is -0.140. The second kappa shape index (κ2) is 4.87. The van der Waals surface area contributed by atoms with Crippen molar-refractivity contribution in [2.75, 3.05) is 20.1 Å². The number of amides is 1. The second-order valence-electron chi connectivity index (χ2n) is 4.76. The van der Waals surface area contributed by atoms with Crippen LogP contribution in [0.1, 0.15) is 25.6 Å². The number of aromatic nitrogens is 2. The molecule has 1 saturated heterocycles. The van der Waals surface area contributed by atoms with E-state index in [1.54, 1.807) is 17.3 Å². The Morgan fingerprint density at radius 2 is 2.47 bits per heavy atom. The van der Waals surface area contributed by atoms with Gasteiger partial charge in [-0.05, 0) is 19.4 Å². The van der Waals surface area contributed by atoms with Gasteiger partial charge in [-0.25, -0.2) is 4.98 Å². The van der Waals surface area contributed by atoms with Gasteiger partial charge in [0.1, 0.15) is 5.82 Å². The molecule has 1 aliphatic heterocycles. The highest BCUT2D eigenvalue weighted by atomic mass is 16.2. The van der Waals surface area contributed by atoms with E-state index >= 15 is 0 Å². The van der Waals surface area contributed by atoms with E-state index in [1.807, 2.05) is 7.05 Å². The van der Waals surface area contributed by atoms with Crippen molar-refractivity contribution >= 4 is 5.91 Å². The minimum absolute atomic E-state index is 0.207. The average Bonchev–Trinajstić information content (AvgIpc) is 2.99. The molecule has 1 atom stereocenters. The molecule has 0 radical (unpaired) electrons. The molecule has 1 aromatic heterocycles. The van der Waals surface area contributed by atoms with Gasteiger partial charge in [-0.1, -0.05) is 6.92 Å². The molecule has 0 spiro atoms. The lowest BCUT2D eigenvalue weighted by Gasteiger charge is -2.30. The standard InChI is InChI=1S/C12H20N4O/c1-3-12(4-5-13-9-12)11(17)16(2)8-10-14-6-7-15-10/h6-7,13H,3-5,8-9H2,1-2H3,(H,14,15). The fourth-order valence-corrected chi connectivity index (χ4v) is 2.47. The Balaban J connectivity index is 2.03. The summed E-state index contributed by atoms with van der Waals surface area (Å²) in [7, 11) is 1.85. The van der Waals surface area contributed by atoms with E-state index in [1.165, 1.54) is 0 Å². The summed E-state index contributed by atoms with van der Waals surface area (Å²) >= 11 is 0. The van der Waals surface area contributed by atoms with Crippen molar-refractivity contribution in [3.8, 4) is 0 Å². The number of hydrogen-bond donors (Lipinski definition) is 2. The quantitative estimate of drug-likeness (QED) is 0.811. The summed E-state index contributed by atoms with van der Waals surface area (Å²) in [6.07, 6.45) is 5.31. The molecule has 94 valence electrons. The van der Waals surface area contributed by atoms with Crippen LogP contribution in [0, 0.1) is 5.41 Å². The minimum atomic E-state index is -0.207. The first kappa shape index (κ1) is 12.1. The largest absolute Gasteiger partial charge is 0.347 e. The van der Waals surface area contributed by atoms with E-state index in [-0.39, 0.29) is 11.3 Å². The predicted molar refractivity (Wildman–Crippen MR) is 65.3 cm³/mol. The van der Waals surface area contributed by atoms with E-state index in [0.29, 0.717) is 6.54 Å². The van der Waals surface area contributed by atoms with Crippen LogP contribution < -0.4 is 5.32 Å². The number of imidazole rings is 1. The normalized spacial score (nSPS) is 23.9. The van der Waals surface area contributed by atoms with Gasteiger partial charge in [0.25, 0.3) is 0 Å². The maximum atomic E-state index is 12.5. The summed E-state index contributed by atoms with van der Waals surface area (Å²) in [4.78, 5) is 21.4. The van der Waals surface area contributed by atoms with Crippen molar-refractivity contribution in [1.29, 1.82) is 0 Å². The number of H-pyrrole nitrogens is 1. The number of carbonyl (C=O) groups is 1. The molecule has 1 aliphatic rings. The van der Waals surface area contributed by atoms with E-state index in [2.05, 4.69) is 22.2 Å². The molecule has 0 aromatic carbocycles. The number of nitrogens with one attached hydrogen (secondary N) is 2. The van der Waals surface area contributed by atoms with Crippen LogP contribution in [0.2, 0.25) is 0 Å². The van der Waals surface area contributed by atoms with Gasteiger partial charge in [0.2, 0.25) is 5.91 Å². The number of carbonyl (C=O) groups excluding carboxylic acids is 1. The minimum Gasteiger partial charge on any atom is -0.347 e. The molecule has 1 fully saturated rings. The molecule has 1 amide bonds. The first-order chi connectivity index (χ1) is 8.18. The number of hydrogen-bond acceptors (Lipinski definition) is 3. The summed E-state index contributed by atoms with van der Waals surface area (Å²) in [5.74, 6) is 1.06. The summed E-state index contributed by atoms with van der Waals surface area (Å²) in [5.41, 5.74) is -0.207. The zero-order valence-electron chi connectivity index (χ0n) is 10.5. The van der Waals surface area contributed by atoms with Gasteiger partial charge in [0.15, 0.2) is 0 Å². The third-order valence-corrected chi connectivity index (χ3v) is 3.66. The summed E-state index contributed by atoms with van der Waals surface area (Å²) in [6.45, 7) is 4.37. The number of aromatic amines is 1. The van der Waals surface area contributed by atoms with Crippen molar-refractivity contribution in [2.24, 2.45) is 5.41 Å². The summed E-state index contributed by atoms with van der Waals surface area (Å²) in [6, 6.07) is 0. The molecule has 0 bridgehead atoms. The van der Waals surface area contributed by atoms with E-state index < -0.39 is 0 Å². The molecule has 0 saturated carbocycles. The molecule has 17 heavy (non-hydrogen) atoms. The van der Waals surface area contributed by atoms with E-state index in [0.717, 1.165) is 31.8 Å². The summed E-state index contributed by atoms with van der Waals surface area (Å²) < 4.78 is 0. The Morgan fingerprint density at radius 1 is 1.65 bits per heavy atom. The highest BCUT2D eigenvalue weighted by Crippen LogP contribution is 2.31. The van der Waals surface area contributed by atoms with Crippen LogP contribution >= 0.6 is 0 Å². The van der Waals surface area contributed by atoms with Crippen LogP contribution in [0.4, 0.5) is 0 Å². The molecular formula is C12H20N4O. The first-order valence-electron chi connectivity index (χ1n) is 6.12. The van der Waals surface area contributed by atoms with Gasteiger partial charge < -0.3 is 15.2 Å². The van der Waals surface area contributed by atoms with Gasteiger partial charge in [-0.3, -0.25) is 4.79 Å². The fourth-order valence-electron chi connectivity index (χ4n) is 2.47. The molecule has 1 unspecified atom stereocenters. The lowest BCUT2D eigenvalue weighted by atomic mass is 9.83. The van der Waals surface area contributed by atoms with Crippen molar-refractivity contribution in [2.45, 2.75) is 26.3 Å². The van der Waals surface area contributed by atoms with E-state index in [4.69, 9.17) is 0 Å². The predicted octanol–water partition coefficient (Wildman–Crippen LogP) is 0.758. The average molecular weight is 236 g/mol. The molecule has 2 rings (SSSR count). The number of rotatable bonds is 4. The van der Waals surface area contributed by atoms with Crippen LogP contribution in [-0.2, 0) is 11.3 Å². The van der Waals surface area contributed by atoms with Crippen LogP contribution in [0.3, 0.4) is 0 Å². The molecule has 0 aliphatic carbocycles. The molecule has 5 nitrogen and oxygen atoms in total. The zero-order valence-corrected chi connectivity index (χ0v) is 10.5. The number of nitrogens with zero attached hydrogens (tertiary/aromatic N) is 2. The smallest absolute Gasteiger partial charge is 0.230 e. The topological polar surface area (TPSA) is 61.0 Å². The van der Waals surface area contributed by atoms with Gasteiger partial charge in [-0.15, -0.1) is 0 Å². The monoisotopic (exact) mass is 236 g/mol. The Morgan fingerprint density at radius 3 is 3.00 bits per heavy atom. The fraction of sp³-hybridized carbons (Fsp3) is 0.667. The van der Waals surface area contributed by atoms with E-state index in [9.17, 15) is 4.79 Å². The van der Waals surface area contributed by atoms with Gasteiger partial charge >= 0.3 is 0 Å². The lowest BCUT2D eigenvalue weighted by Crippen LogP contribution is -2.43. The van der Waals surface area contributed by atoms with Gasteiger partial charge in [0, 0.05) is 26.0 Å². The molecule has 2 heterocycles. The van der Waals surface area contributed by atoms with Crippen LogP contribution in [0.25, 0.3) is 0 Å². The van der Waals surface area contributed by atoms with Crippen molar-refractivity contribution in [1.82, 2.24) is 20.2 Å². The second-order valence-corrected chi connectivity index (χ2v) is 4.76. The highest BCUT2D eigenvalue weighted by Gasteiger charge is 2.41. The summed E-state index contributed by atoms with van der Waals surface area (Å²) in [5, 5.41) is 3.29. The molecule has 1 aromatic rings. The third kappa shape index (κ3) is 2.34. The van der Waals surface area contributed by atoms with Gasteiger partial charge in [-0.2, -0.15) is 0 Å². The molecule has 2 N–H and O–H groups in total. The Bertz CT molecular complexity index is 368. The van der Waals surface area contributed by atoms with Gasteiger partial charge in [0.05, 0.1) is 12.0 Å². The Labute approximate surface area is 102 Å². The van der Waals surface area contributed by atoms with Crippen molar-refractivity contribution in [3.63, 3.8) is 0 Å². The SMILES string of the molecule is CCC1(C(=O)N(C)Cc2ncc[nH]2)CCNC1. The maximum absolute atomic E-state index is 12.5. The Kier molecular flexibility index (Phi) is 3.47. The first-order valence-corrected chi connectivity index (χ1v) is 6.12. The Hall–Kier alpha value is -1.36. The third-order valence-electron chi connectivity index (χ3n) is 3.66. The van der Waals surface area contributed by atoms with Crippen LogP contribution in [0.5, 0.6) is 0 Å². The molecule has 5 heteroatoms. The van der Waals surface area contributed by atoms with Crippen molar-refractivity contribution in [3.05, 3.63) is 18.2 Å². The highest BCUT2D eigenvalue weighted by molar-refractivity contribution is 5.83. The molecular weight excluding hydrogens is 216 g/mol.